The maximum Gasteiger partial charge on any atom is 0.137 e. The van der Waals surface area contributed by atoms with Crippen LogP contribution in [0.3, 0.4) is 0 Å². The largest absolute Gasteiger partial charge is 0.493 e. The smallest absolute Gasteiger partial charge is 0.137 e. The predicted molar refractivity (Wildman–Crippen MR) is 90.7 cm³/mol. The van der Waals surface area contributed by atoms with Gasteiger partial charge in [0.25, 0.3) is 0 Å². The summed E-state index contributed by atoms with van der Waals surface area (Å²) in [5.74, 6) is 1.68. The Hall–Kier alpha value is -1.81. The van der Waals surface area contributed by atoms with Crippen molar-refractivity contribution in [2.24, 2.45) is 0 Å². The van der Waals surface area contributed by atoms with Crippen molar-refractivity contribution in [3.8, 4) is 5.75 Å². The summed E-state index contributed by atoms with van der Waals surface area (Å²) in [7, 11) is 0. The summed E-state index contributed by atoms with van der Waals surface area (Å²) in [5.41, 5.74) is 2.04. The Bertz CT molecular complexity index is 619. The summed E-state index contributed by atoms with van der Waals surface area (Å²) in [6, 6.07) is 8.12. The molecule has 0 aliphatic rings. The highest BCUT2D eigenvalue weighted by molar-refractivity contribution is 6.30. The quantitative estimate of drug-likeness (QED) is 0.754. The fourth-order valence-corrected chi connectivity index (χ4v) is 2.56. The minimum atomic E-state index is 0.0596. The highest BCUT2D eigenvalue weighted by Crippen LogP contribution is 2.29. The van der Waals surface area contributed by atoms with Crippen LogP contribution in [0.1, 0.15) is 44.4 Å². The number of benzene rings is 1. The van der Waals surface area contributed by atoms with Gasteiger partial charge in [-0.15, -0.1) is 0 Å². The molecule has 0 bridgehead atoms. The first-order valence-electron chi connectivity index (χ1n) is 7.65. The zero-order valence-corrected chi connectivity index (χ0v) is 14.0. The predicted octanol–water partition coefficient (Wildman–Crippen LogP) is 4.65. The molecule has 1 aromatic heterocycles. The number of nitrogens with zero attached hydrogens (tertiary/aromatic N) is 2. The molecule has 1 N–H and O–H groups in total. The molecule has 0 aliphatic heterocycles. The Morgan fingerprint density at radius 2 is 2.00 bits per heavy atom. The van der Waals surface area contributed by atoms with E-state index in [0.717, 1.165) is 35.5 Å². The van der Waals surface area contributed by atoms with Crippen LogP contribution >= 0.6 is 11.6 Å². The number of hydrogen-bond donors (Lipinski definition) is 1. The zero-order chi connectivity index (χ0) is 15.9. The van der Waals surface area contributed by atoms with E-state index >= 15 is 0 Å². The van der Waals surface area contributed by atoms with Crippen molar-refractivity contribution in [3.05, 3.63) is 46.9 Å². The SMILES string of the molecule is CCCOc1ccccc1C(C)Nc1ncnc(Cl)c1CC. The van der Waals surface area contributed by atoms with Gasteiger partial charge in [0.15, 0.2) is 0 Å². The van der Waals surface area contributed by atoms with Crippen molar-refractivity contribution >= 4 is 17.4 Å². The first-order valence-corrected chi connectivity index (χ1v) is 8.02. The Morgan fingerprint density at radius 1 is 1.23 bits per heavy atom. The third-order valence-corrected chi connectivity index (χ3v) is 3.77. The summed E-state index contributed by atoms with van der Waals surface area (Å²) in [6.07, 6.45) is 3.25. The highest BCUT2D eigenvalue weighted by Gasteiger charge is 2.15. The molecule has 4 nitrogen and oxygen atoms in total. The van der Waals surface area contributed by atoms with Crippen molar-refractivity contribution < 1.29 is 4.74 Å². The van der Waals surface area contributed by atoms with Crippen LogP contribution in [0.2, 0.25) is 5.15 Å². The van der Waals surface area contributed by atoms with Gasteiger partial charge in [0.2, 0.25) is 0 Å². The van der Waals surface area contributed by atoms with Gasteiger partial charge in [-0.3, -0.25) is 0 Å². The van der Waals surface area contributed by atoms with E-state index in [9.17, 15) is 0 Å². The number of halogens is 1. The molecule has 0 saturated heterocycles. The fourth-order valence-electron chi connectivity index (χ4n) is 2.29. The van der Waals surface area contributed by atoms with Crippen LogP contribution in [0.15, 0.2) is 30.6 Å². The third-order valence-electron chi connectivity index (χ3n) is 3.45. The van der Waals surface area contributed by atoms with Crippen molar-refractivity contribution in [2.45, 2.75) is 39.7 Å². The normalized spacial score (nSPS) is 12.0. The topological polar surface area (TPSA) is 47.0 Å². The molecule has 0 saturated carbocycles. The zero-order valence-electron chi connectivity index (χ0n) is 13.3. The molecule has 0 spiro atoms. The number of rotatable bonds is 7. The number of hydrogen-bond acceptors (Lipinski definition) is 4. The van der Waals surface area contributed by atoms with Gasteiger partial charge >= 0.3 is 0 Å². The lowest BCUT2D eigenvalue weighted by molar-refractivity contribution is 0.313. The summed E-state index contributed by atoms with van der Waals surface area (Å²) < 4.78 is 5.83. The number of nitrogens with one attached hydrogen (secondary N) is 1. The molecule has 2 aromatic rings. The van der Waals surface area contributed by atoms with E-state index in [1.165, 1.54) is 6.33 Å². The van der Waals surface area contributed by atoms with Crippen molar-refractivity contribution in [1.29, 1.82) is 0 Å². The second-order valence-corrected chi connectivity index (χ2v) is 5.46. The Morgan fingerprint density at radius 3 is 2.73 bits per heavy atom. The standard InChI is InChI=1S/C17H22ClN3O/c1-4-10-22-15-9-7-6-8-14(15)12(3)21-17-13(5-2)16(18)19-11-20-17/h6-9,11-12H,4-5,10H2,1-3H3,(H,19,20,21). The van der Waals surface area contributed by atoms with Crippen LogP contribution in [-0.4, -0.2) is 16.6 Å². The van der Waals surface area contributed by atoms with Crippen molar-refractivity contribution in [2.75, 3.05) is 11.9 Å². The summed E-state index contributed by atoms with van der Waals surface area (Å²) in [5, 5.41) is 3.92. The van der Waals surface area contributed by atoms with E-state index in [1.807, 2.05) is 25.1 Å². The molecule has 22 heavy (non-hydrogen) atoms. The van der Waals surface area contributed by atoms with Crippen LogP contribution in [0.5, 0.6) is 5.75 Å². The minimum Gasteiger partial charge on any atom is -0.493 e. The maximum atomic E-state index is 6.14. The van der Waals surface area contributed by atoms with Crippen molar-refractivity contribution in [3.63, 3.8) is 0 Å². The van der Waals surface area contributed by atoms with E-state index in [0.29, 0.717) is 11.8 Å². The van der Waals surface area contributed by atoms with Gasteiger partial charge < -0.3 is 10.1 Å². The van der Waals surface area contributed by atoms with E-state index in [4.69, 9.17) is 16.3 Å². The number of para-hydroxylation sites is 1. The molecule has 0 fully saturated rings. The minimum absolute atomic E-state index is 0.0596. The van der Waals surface area contributed by atoms with Gasteiger partial charge in [0.1, 0.15) is 23.0 Å². The van der Waals surface area contributed by atoms with E-state index in [1.54, 1.807) is 0 Å². The molecular formula is C17H22ClN3O. The molecule has 1 unspecified atom stereocenters. The molecule has 5 heteroatoms. The molecule has 118 valence electrons. The Kier molecular flexibility index (Phi) is 6.01. The van der Waals surface area contributed by atoms with Crippen molar-refractivity contribution in [1.82, 2.24) is 9.97 Å². The van der Waals surface area contributed by atoms with Gasteiger partial charge in [-0.25, -0.2) is 9.97 Å². The number of ether oxygens (including phenoxy) is 1. The van der Waals surface area contributed by atoms with E-state index in [-0.39, 0.29) is 6.04 Å². The van der Waals surface area contributed by atoms with Crippen LogP contribution in [-0.2, 0) is 6.42 Å². The monoisotopic (exact) mass is 319 g/mol. The lowest BCUT2D eigenvalue weighted by Crippen LogP contribution is -2.12. The summed E-state index contributed by atoms with van der Waals surface area (Å²) >= 11 is 6.14. The van der Waals surface area contributed by atoms with Gasteiger partial charge in [0.05, 0.1) is 12.6 Å². The maximum absolute atomic E-state index is 6.14. The molecule has 0 amide bonds. The second kappa shape index (κ2) is 7.99. The Balaban J connectivity index is 2.23. The van der Waals surface area contributed by atoms with E-state index in [2.05, 4.69) is 35.2 Å². The molecule has 1 heterocycles. The van der Waals surface area contributed by atoms with E-state index < -0.39 is 0 Å². The van der Waals surface area contributed by atoms with Gasteiger partial charge in [-0.05, 0) is 25.8 Å². The van der Waals surface area contributed by atoms with Crippen LogP contribution in [0.25, 0.3) is 0 Å². The average Bonchev–Trinajstić information content (AvgIpc) is 2.53. The molecular weight excluding hydrogens is 298 g/mol. The summed E-state index contributed by atoms with van der Waals surface area (Å²) in [4.78, 5) is 8.36. The van der Waals surface area contributed by atoms with Gasteiger partial charge in [-0.1, -0.05) is 43.6 Å². The average molecular weight is 320 g/mol. The Labute approximate surface area is 136 Å². The lowest BCUT2D eigenvalue weighted by atomic mass is 10.1. The molecule has 2 rings (SSSR count). The van der Waals surface area contributed by atoms with Crippen LogP contribution < -0.4 is 10.1 Å². The van der Waals surface area contributed by atoms with Crippen LogP contribution in [0, 0.1) is 0 Å². The first kappa shape index (κ1) is 16.6. The van der Waals surface area contributed by atoms with Gasteiger partial charge in [0, 0.05) is 11.1 Å². The first-order chi connectivity index (χ1) is 10.7. The molecule has 0 aliphatic carbocycles. The second-order valence-electron chi connectivity index (χ2n) is 5.10. The fraction of sp³-hybridized carbons (Fsp3) is 0.412. The molecule has 1 aromatic carbocycles. The third kappa shape index (κ3) is 3.89. The summed E-state index contributed by atoms with van der Waals surface area (Å²) in [6.45, 7) is 6.94. The lowest BCUT2D eigenvalue weighted by Gasteiger charge is -2.20. The molecule has 1 atom stereocenters. The number of aromatic nitrogens is 2. The van der Waals surface area contributed by atoms with Crippen LogP contribution in [0.4, 0.5) is 5.82 Å². The molecule has 0 radical (unpaired) electrons. The number of anilines is 1. The highest BCUT2D eigenvalue weighted by atomic mass is 35.5. The van der Waals surface area contributed by atoms with Gasteiger partial charge in [-0.2, -0.15) is 0 Å².